The second-order valence-corrected chi connectivity index (χ2v) is 5.60. The molecular weight excluding hydrogens is 172 g/mol. The Balaban J connectivity index is 3.99. The normalized spacial score (nSPS) is 12.5. The zero-order valence-electron chi connectivity index (χ0n) is 8.72. The third-order valence-corrected chi connectivity index (χ3v) is 4.28. The van der Waals surface area contributed by atoms with Crippen LogP contribution in [0.3, 0.4) is 0 Å². The average Bonchev–Trinajstić information content (AvgIpc) is 2.14. The van der Waals surface area contributed by atoms with Crippen molar-refractivity contribution in [2.45, 2.75) is 39.3 Å². The fourth-order valence-corrected chi connectivity index (χ4v) is 2.24. The molecule has 0 amide bonds. The topological polar surface area (TPSA) is 27.7 Å². The lowest BCUT2D eigenvalue weighted by Crippen LogP contribution is -2.43. The van der Waals surface area contributed by atoms with Crippen molar-refractivity contribution in [2.75, 3.05) is 14.2 Å². The average molecular weight is 192 g/mol. The first-order valence-corrected chi connectivity index (χ1v) is 6.62. The molecule has 0 saturated carbocycles. The van der Waals surface area contributed by atoms with Gasteiger partial charge >= 0.3 is 8.80 Å². The van der Waals surface area contributed by atoms with E-state index in [-0.39, 0.29) is 6.10 Å². The minimum Gasteiger partial charge on any atom is -0.377 e. The van der Waals surface area contributed by atoms with Gasteiger partial charge in [-0.2, -0.15) is 0 Å². The van der Waals surface area contributed by atoms with Crippen LogP contribution in [-0.4, -0.2) is 29.1 Å². The van der Waals surface area contributed by atoms with Gasteiger partial charge in [0, 0.05) is 26.9 Å². The molecule has 0 aliphatic heterocycles. The van der Waals surface area contributed by atoms with E-state index in [1.807, 2.05) is 6.55 Å². The summed E-state index contributed by atoms with van der Waals surface area (Å²) in [6.07, 6.45) is 2.28. The molecule has 74 valence electrons. The lowest BCUT2D eigenvalue weighted by molar-refractivity contribution is 0.0574. The van der Waals surface area contributed by atoms with Gasteiger partial charge in [-0.15, -0.1) is 0 Å². The molecule has 0 fully saturated rings. The van der Waals surface area contributed by atoms with Crippen molar-refractivity contribution < 1.29 is 13.3 Å². The third kappa shape index (κ3) is 3.67. The van der Waals surface area contributed by atoms with Gasteiger partial charge < -0.3 is 13.3 Å². The summed E-state index contributed by atoms with van der Waals surface area (Å²) < 4.78 is 16.2. The van der Waals surface area contributed by atoms with Crippen molar-refractivity contribution in [2.24, 2.45) is 0 Å². The largest absolute Gasteiger partial charge is 0.497 e. The molecule has 0 aliphatic carbocycles. The molecule has 0 unspecified atom stereocenters. The van der Waals surface area contributed by atoms with Crippen LogP contribution in [0.1, 0.15) is 26.7 Å². The summed E-state index contributed by atoms with van der Waals surface area (Å²) in [7, 11) is 0.972. The lowest BCUT2D eigenvalue weighted by atomic mass is 10.2. The molecule has 0 heterocycles. The first kappa shape index (κ1) is 12.1. The molecule has 0 N–H and O–H groups in total. The molecule has 4 heteroatoms. The maximum Gasteiger partial charge on any atom is 0.497 e. The second kappa shape index (κ2) is 5.69. The van der Waals surface area contributed by atoms with Crippen LogP contribution in [-0.2, 0) is 13.3 Å². The Kier molecular flexibility index (Phi) is 5.74. The van der Waals surface area contributed by atoms with Crippen LogP contribution in [0.15, 0.2) is 0 Å². The van der Waals surface area contributed by atoms with E-state index < -0.39 is 8.80 Å². The Labute approximate surface area is 76.4 Å². The highest BCUT2D eigenvalue weighted by atomic mass is 28.4. The highest BCUT2D eigenvalue weighted by Crippen LogP contribution is 2.13. The molecular formula is C8H20O3Si. The summed E-state index contributed by atoms with van der Waals surface area (Å²) in [4.78, 5) is 0. The molecule has 0 aromatic heterocycles. The first-order chi connectivity index (χ1) is 5.61. The molecule has 12 heavy (non-hydrogen) atoms. The predicted octanol–water partition coefficient (Wildman–Crippen LogP) is 2.05. The quantitative estimate of drug-likeness (QED) is 0.603. The van der Waals surface area contributed by atoms with Crippen LogP contribution in [0.5, 0.6) is 0 Å². The summed E-state index contributed by atoms with van der Waals surface area (Å²) in [5.74, 6) is 0. The molecule has 0 bridgehead atoms. The van der Waals surface area contributed by atoms with E-state index in [2.05, 4.69) is 13.8 Å². The Morgan fingerprint density at radius 1 is 1.08 bits per heavy atom. The molecule has 0 atom stereocenters. The van der Waals surface area contributed by atoms with Crippen molar-refractivity contribution in [3.63, 3.8) is 0 Å². The molecule has 0 saturated heterocycles. The van der Waals surface area contributed by atoms with Crippen molar-refractivity contribution in [3.05, 3.63) is 0 Å². The fraction of sp³-hybridized carbons (Fsp3) is 1.00. The Morgan fingerprint density at radius 2 is 1.50 bits per heavy atom. The van der Waals surface area contributed by atoms with Crippen molar-refractivity contribution in [3.8, 4) is 0 Å². The maximum atomic E-state index is 5.73. The minimum absolute atomic E-state index is 0.265. The Hall–Kier alpha value is 0.0969. The van der Waals surface area contributed by atoms with E-state index in [1.54, 1.807) is 14.2 Å². The standard InChI is InChI=1S/C8H20O3Si/c1-6-8(7-2)11-12(5,9-3)10-4/h8H,6-7H2,1-5H3. The monoisotopic (exact) mass is 192 g/mol. The van der Waals surface area contributed by atoms with Gasteiger partial charge in [-0.25, -0.2) is 0 Å². The van der Waals surface area contributed by atoms with Crippen LogP contribution in [0, 0.1) is 0 Å². The molecule has 0 spiro atoms. The first-order valence-electron chi connectivity index (χ1n) is 4.40. The summed E-state index contributed by atoms with van der Waals surface area (Å²) in [5.41, 5.74) is 0. The van der Waals surface area contributed by atoms with Crippen LogP contribution < -0.4 is 0 Å². The SMILES string of the molecule is CCC(CC)O[Si](C)(OC)OC. The van der Waals surface area contributed by atoms with Crippen molar-refractivity contribution in [1.82, 2.24) is 0 Å². The van der Waals surface area contributed by atoms with Crippen molar-refractivity contribution in [1.29, 1.82) is 0 Å². The number of hydrogen-bond donors (Lipinski definition) is 0. The number of rotatable bonds is 6. The van der Waals surface area contributed by atoms with E-state index in [1.165, 1.54) is 0 Å². The van der Waals surface area contributed by atoms with Crippen LogP contribution in [0.25, 0.3) is 0 Å². The van der Waals surface area contributed by atoms with Crippen molar-refractivity contribution >= 4 is 8.80 Å². The van der Waals surface area contributed by atoms with E-state index >= 15 is 0 Å². The number of hydrogen-bond acceptors (Lipinski definition) is 3. The van der Waals surface area contributed by atoms with Gasteiger partial charge in [-0.1, -0.05) is 13.8 Å². The Bertz CT molecular complexity index is 111. The van der Waals surface area contributed by atoms with Gasteiger partial charge in [0.05, 0.1) is 0 Å². The molecule has 0 aliphatic rings. The highest BCUT2D eigenvalue weighted by molar-refractivity contribution is 6.59. The van der Waals surface area contributed by atoms with Gasteiger partial charge in [0.2, 0.25) is 0 Å². The summed E-state index contributed by atoms with van der Waals surface area (Å²) in [6, 6.07) is 0. The van der Waals surface area contributed by atoms with E-state index in [4.69, 9.17) is 13.3 Å². The smallest absolute Gasteiger partial charge is 0.377 e. The minimum atomic E-state index is -2.30. The molecule has 3 nitrogen and oxygen atoms in total. The van der Waals surface area contributed by atoms with Crippen LogP contribution in [0.4, 0.5) is 0 Å². The van der Waals surface area contributed by atoms with Gasteiger partial charge in [0.15, 0.2) is 0 Å². The Morgan fingerprint density at radius 3 is 1.75 bits per heavy atom. The van der Waals surface area contributed by atoms with Gasteiger partial charge in [0.25, 0.3) is 0 Å². The summed E-state index contributed by atoms with van der Waals surface area (Å²) >= 11 is 0. The molecule has 0 rings (SSSR count). The van der Waals surface area contributed by atoms with Crippen LogP contribution in [0.2, 0.25) is 6.55 Å². The second-order valence-electron chi connectivity index (χ2n) is 2.83. The van der Waals surface area contributed by atoms with E-state index in [0.29, 0.717) is 0 Å². The van der Waals surface area contributed by atoms with E-state index in [9.17, 15) is 0 Å². The van der Waals surface area contributed by atoms with Gasteiger partial charge in [-0.3, -0.25) is 0 Å². The molecule has 0 radical (unpaired) electrons. The molecule has 0 aromatic rings. The fourth-order valence-electron chi connectivity index (χ4n) is 0.938. The maximum absolute atomic E-state index is 5.73. The zero-order chi connectivity index (χ0) is 9.61. The van der Waals surface area contributed by atoms with Gasteiger partial charge in [0.1, 0.15) is 0 Å². The van der Waals surface area contributed by atoms with Gasteiger partial charge in [-0.05, 0) is 12.8 Å². The lowest BCUT2D eigenvalue weighted by Gasteiger charge is -2.26. The third-order valence-electron chi connectivity index (χ3n) is 2.03. The summed E-state index contributed by atoms with van der Waals surface area (Å²) in [5, 5.41) is 0. The van der Waals surface area contributed by atoms with Crippen LogP contribution >= 0.6 is 0 Å². The zero-order valence-corrected chi connectivity index (χ0v) is 9.72. The predicted molar refractivity (Wildman–Crippen MR) is 51.1 cm³/mol. The van der Waals surface area contributed by atoms with E-state index in [0.717, 1.165) is 12.8 Å². The molecule has 0 aromatic carbocycles. The summed E-state index contributed by atoms with van der Waals surface area (Å²) in [6.45, 7) is 6.12. The highest BCUT2D eigenvalue weighted by Gasteiger charge is 2.34.